The summed E-state index contributed by atoms with van der Waals surface area (Å²) in [7, 11) is 1.96. The summed E-state index contributed by atoms with van der Waals surface area (Å²) in [6.07, 6.45) is 2.98. The van der Waals surface area contributed by atoms with Gasteiger partial charge in [-0.2, -0.15) is 5.10 Å². The number of ether oxygens (including phenoxy) is 1. The van der Waals surface area contributed by atoms with Crippen molar-refractivity contribution in [2.45, 2.75) is 39.2 Å². The molecule has 0 bridgehead atoms. The zero-order valence-corrected chi connectivity index (χ0v) is 15.0. The molecule has 5 nitrogen and oxygen atoms in total. The number of hydrogen-bond donors (Lipinski definition) is 1. The lowest BCUT2D eigenvalue weighted by Crippen LogP contribution is -2.31. The molecule has 1 aliphatic rings. The lowest BCUT2D eigenvalue weighted by atomic mass is 9.91. The van der Waals surface area contributed by atoms with Gasteiger partial charge in [0.1, 0.15) is 5.75 Å². The van der Waals surface area contributed by atoms with Gasteiger partial charge in [0.15, 0.2) is 0 Å². The first-order chi connectivity index (χ1) is 11.5. The van der Waals surface area contributed by atoms with E-state index in [0.29, 0.717) is 22.9 Å². The van der Waals surface area contributed by atoms with Gasteiger partial charge in [0.25, 0.3) is 5.91 Å². The third kappa shape index (κ3) is 3.13. The number of fused-ring (bicyclic) bond motifs is 1. The van der Waals surface area contributed by atoms with E-state index < -0.39 is 0 Å². The van der Waals surface area contributed by atoms with E-state index in [9.17, 15) is 4.79 Å². The number of carbonyl (C=O) groups is 1. The molecule has 1 aliphatic carbocycles. The van der Waals surface area contributed by atoms with Gasteiger partial charge in [0.2, 0.25) is 0 Å². The first-order valence-corrected chi connectivity index (χ1v) is 8.64. The fourth-order valence-corrected chi connectivity index (χ4v) is 3.63. The fourth-order valence-electron chi connectivity index (χ4n) is 3.39. The average Bonchev–Trinajstić information content (AvgIpc) is 2.85. The number of benzene rings is 1. The molecule has 1 aromatic heterocycles. The first-order valence-electron chi connectivity index (χ1n) is 8.26. The summed E-state index contributed by atoms with van der Waals surface area (Å²) in [6, 6.07) is 5.14. The number of nitrogens with zero attached hydrogens (tertiary/aromatic N) is 2. The van der Waals surface area contributed by atoms with E-state index in [2.05, 4.69) is 10.4 Å². The summed E-state index contributed by atoms with van der Waals surface area (Å²) in [5.41, 5.74) is 3.90. The minimum atomic E-state index is -0.124. The van der Waals surface area contributed by atoms with E-state index in [1.165, 1.54) is 5.69 Å². The Morgan fingerprint density at radius 3 is 3.00 bits per heavy atom. The Morgan fingerprint density at radius 2 is 2.29 bits per heavy atom. The van der Waals surface area contributed by atoms with Crippen LogP contribution in [0, 0.1) is 6.92 Å². The molecule has 0 aliphatic heterocycles. The Kier molecular flexibility index (Phi) is 4.81. The molecule has 0 radical (unpaired) electrons. The Morgan fingerprint density at radius 1 is 1.50 bits per heavy atom. The largest absolute Gasteiger partial charge is 0.492 e. The van der Waals surface area contributed by atoms with Crippen LogP contribution in [0.3, 0.4) is 0 Å². The highest BCUT2D eigenvalue weighted by Gasteiger charge is 2.27. The predicted molar refractivity (Wildman–Crippen MR) is 93.7 cm³/mol. The molecule has 0 saturated carbocycles. The smallest absolute Gasteiger partial charge is 0.251 e. The Bertz CT molecular complexity index is 770. The minimum absolute atomic E-state index is 0.000272. The van der Waals surface area contributed by atoms with Crippen molar-refractivity contribution in [1.29, 1.82) is 0 Å². The van der Waals surface area contributed by atoms with Crippen molar-refractivity contribution in [2.75, 3.05) is 6.61 Å². The van der Waals surface area contributed by atoms with Crippen LogP contribution in [0.1, 0.15) is 53.1 Å². The molecule has 1 aromatic carbocycles. The van der Waals surface area contributed by atoms with E-state index >= 15 is 0 Å². The van der Waals surface area contributed by atoms with Gasteiger partial charge in [0, 0.05) is 23.9 Å². The Labute approximate surface area is 147 Å². The van der Waals surface area contributed by atoms with Gasteiger partial charge in [-0.1, -0.05) is 11.6 Å². The van der Waals surface area contributed by atoms with Crippen molar-refractivity contribution in [2.24, 2.45) is 7.05 Å². The highest BCUT2D eigenvalue weighted by Crippen LogP contribution is 2.32. The predicted octanol–water partition coefficient (Wildman–Crippen LogP) is 3.59. The summed E-state index contributed by atoms with van der Waals surface area (Å²) < 4.78 is 7.34. The zero-order chi connectivity index (χ0) is 17.3. The summed E-state index contributed by atoms with van der Waals surface area (Å²) in [6.45, 7) is 4.43. The second kappa shape index (κ2) is 6.85. The molecule has 3 rings (SSSR count). The third-order valence-corrected chi connectivity index (χ3v) is 4.74. The fraction of sp³-hybridized carbons (Fsp3) is 0.444. The maximum atomic E-state index is 12.6. The zero-order valence-electron chi connectivity index (χ0n) is 14.2. The van der Waals surface area contributed by atoms with Crippen LogP contribution < -0.4 is 10.1 Å². The topological polar surface area (TPSA) is 56.1 Å². The molecular formula is C18H22ClN3O2. The van der Waals surface area contributed by atoms with Gasteiger partial charge in [-0.05, 0) is 51.3 Å². The van der Waals surface area contributed by atoms with E-state index in [4.69, 9.17) is 16.3 Å². The number of aromatic nitrogens is 2. The van der Waals surface area contributed by atoms with Crippen molar-refractivity contribution in [3.05, 3.63) is 45.7 Å². The van der Waals surface area contributed by atoms with Crippen LogP contribution in [0.4, 0.5) is 0 Å². The number of rotatable bonds is 4. The number of halogens is 1. The third-order valence-electron chi connectivity index (χ3n) is 4.45. The van der Waals surface area contributed by atoms with Crippen LogP contribution >= 0.6 is 11.6 Å². The second-order valence-electron chi connectivity index (χ2n) is 6.07. The van der Waals surface area contributed by atoms with E-state index in [0.717, 1.165) is 30.5 Å². The average molecular weight is 348 g/mol. The van der Waals surface area contributed by atoms with Crippen LogP contribution in [0.15, 0.2) is 18.2 Å². The molecule has 6 heteroatoms. The van der Waals surface area contributed by atoms with Crippen molar-refractivity contribution in [3.8, 4) is 5.75 Å². The number of carbonyl (C=O) groups excluding carboxylic acids is 1. The number of nitrogens with one attached hydrogen (secondary N) is 1. The highest BCUT2D eigenvalue weighted by molar-refractivity contribution is 6.32. The lowest BCUT2D eigenvalue weighted by Gasteiger charge is -2.24. The summed E-state index contributed by atoms with van der Waals surface area (Å²) in [4.78, 5) is 12.6. The maximum Gasteiger partial charge on any atom is 0.251 e. The van der Waals surface area contributed by atoms with Gasteiger partial charge < -0.3 is 10.1 Å². The molecular weight excluding hydrogens is 326 g/mol. The van der Waals surface area contributed by atoms with Gasteiger partial charge >= 0.3 is 0 Å². The van der Waals surface area contributed by atoms with Gasteiger partial charge in [0.05, 0.1) is 23.4 Å². The number of hydrogen-bond acceptors (Lipinski definition) is 3. The van der Waals surface area contributed by atoms with Crippen LogP contribution in [-0.4, -0.2) is 22.3 Å². The highest BCUT2D eigenvalue weighted by atomic mass is 35.5. The SMILES string of the molecule is CCOc1ccc(C(=O)NC2CCCc3c2c(C)nn3C)cc1Cl. The molecule has 128 valence electrons. The van der Waals surface area contributed by atoms with Crippen LogP contribution in [-0.2, 0) is 13.5 Å². The molecule has 2 aromatic rings. The van der Waals surface area contributed by atoms with Gasteiger partial charge in [-0.15, -0.1) is 0 Å². The molecule has 24 heavy (non-hydrogen) atoms. The second-order valence-corrected chi connectivity index (χ2v) is 6.47. The van der Waals surface area contributed by atoms with Crippen molar-refractivity contribution in [3.63, 3.8) is 0 Å². The molecule has 1 heterocycles. The molecule has 1 N–H and O–H groups in total. The van der Waals surface area contributed by atoms with E-state index in [1.54, 1.807) is 18.2 Å². The normalized spacial score (nSPS) is 16.6. The molecule has 0 saturated heterocycles. The van der Waals surface area contributed by atoms with Gasteiger partial charge in [-0.25, -0.2) is 0 Å². The van der Waals surface area contributed by atoms with Gasteiger partial charge in [-0.3, -0.25) is 9.48 Å². The minimum Gasteiger partial charge on any atom is -0.492 e. The molecule has 0 spiro atoms. The monoisotopic (exact) mass is 347 g/mol. The molecule has 1 atom stereocenters. The number of aryl methyl sites for hydroxylation is 2. The first kappa shape index (κ1) is 16.8. The molecule has 1 amide bonds. The Balaban J connectivity index is 1.80. The number of amides is 1. The van der Waals surface area contributed by atoms with E-state index in [-0.39, 0.29) is 11.9 Å². The van der Waals surface area contributed by atoms with Crippen LogP contribution in [0.25, 0.3) is 0 Å². The summed E-state index contributed by atoms with van der Waals surface area (Å²) >= 11 is 6.19. The van der Waals surface area contributed by atoms with Crippen LogP contribution in [0.2, 0.25) is 5.02 Å². The van der Waals surface area contributed by atoms with Crippen molar-refractivity contribution >= 4 is 17.5 Å². The van der Waals surface area contributed by atoms with Crippen molar-refractivity contribution < 1.29 is 9.53 Å². The molecule has 1 unspecified atom stereocenters. The lowest BCUT2D eigenvalue weighted by molar-refractivity contribution is 0.0932. The Hall–Kier alpha value is -2.01. The quantitative estimate of drug-likeness (QED) is 0.919. The van der Waals surface area contributed by atoms with Crippen molar-refractivity contribution in [1.82, 2.24) is 15.1 Å². The maximum absolute atomic E-state index is 12.6. The standard InChI is InChI=1S/C18H22ClN3O2/c1-4-24-16-9-8-12(10-13(16)19)18(23)20-14-6-5-7-15-17(14)11(2)21-22(15)3/h8-10,14H,4-7H2,1-3H3,(H,20,23). The van der Waals surface area contributed by atoms with Crippen LogP contribution in [0.5, 0.6) is 5.75 Å². The summed E-state index contributed by atoms with van der Waals surface area (Å²) in [5.74, 6) is 0.472. The van der Waals surface area contributed by atoms with E-state index in [1.807, 2.05) is 25.6 Å². The molecule has 0 fully saturated rings. The summed E-state index contributed by atoms with van der Waals surface area (Å²) in [5, 5.41) is 8.08.